The molecule has 0 saturated carbocycles. The highest BCUT2D eigenvalue weighted by Gasteiger charge is 2.49. The summed E-state index contributed by atoms with van der Waals surface area (Å²) >= 11 is 1.93. The number of hydrogen-bond donors (Lipinski definition) is 0. The number of thioether (sulfide) groups is 1. The molecule has 0 amide bonds. The van der Waals surface area contributed by atoms with Gasteiger partial charge in [-0.3, -0.25) is 4.79 Å². The van der Waals surface area contributed by atoms with E-state index >= 15 is 0 Å². The van der Waals surface area contributed by atoms with Gasteiger partial charge in [0.25, 0.3) is 0 Å². The largest absolute Gasteiger partial charge is 0.457 e. The molecule has 0 aromatic rings. The Morgan fingerprint density at radius 3 is 2.74 bits per heavy atom. The predicted octanol–water partition coefficient (Wildman–Crippen LogP) is 2.40. The summed E-state index contributed by atoms with van der Waals surface area (Å²) in [7, 11) is 0. The van der Waals surface area contributed by atoms with E-state index in [4.69, 9.17) is 14.2 Å². The van der Waals surface area contributed by atoms with Crippen molar-refractivity contribution in [3.63, 3.8) is 0 Å². The van der Waals surface area contributed by atoms with Gasteiger partial charge in [0.05, 0.1) is 18.5 Å². The van der Waals surface area contributed by atoms with Crippen molar-refractivity contribution in [1.29, 1.82) is 0 Å². The van der Waals surface area contributed by atoms with Crippen molar-refractivity contribution >= 4 is 17.7 Å². The third kappa shape index (κ3) is 3.86. The standard InChI is InChI=1S/C14H24O4S/c1-3-5-7-19-11-9-17-13-10(8-16-14(11)13)18-12(15)6-4-2/h10-11,13-14H,3-9H2,1-2H3/t10-,11?,13-,14-/m1/s1. The molecule has 110 valence electrons. The molecule has 2 aliphatic rings. The molecule has 2 heterocycles. The van der Waals surface area contributed by atoms with Crippen molar-refractivity contribution in [3.8, 4) is 0 Å². The van der Waals surface area contributed by atoms with Crippen molar-refractivity contribution < 1.29 is 19.0 Å². The number of carbonyl (C=O) groups is 1. The van der Waals surface area contributed by atoms with Gasteiger partial charge in [-0.15, -0.1) is 0 Å². The summed E-state index contributed by atoms with van der Waals surface area (Å²) in [5, 5.41) is 0.395. The topological polar surface area (TPSA) is 44.8 Å². The van der Waals surface area contributed by atoms with E-state index in [-0.39, 0.29) is 24.3 Å². The first-order valence-electron chi connectivity index (χ1n) is 7.30. The summed E-state index contributed by atoms with van der Waals surface area (Å²) in [6.07, 6.45) is 3.57. The van der Waals surface area contributed by atoms with Crippen LogP contribution in [0.5, 0.6) is 0 Å². The second kappa shape index (κ2) is 7.50. The number of carbonyl (C=O) groups excluding carboxylic acids is 1. The van der Waals surface area contributed by atoms with Gasteiger partial charge in [0.15, 0.2) is 6.10 Å². The first-order chi connectivity index (χ1) is 9.26. The van der Waals surface area contributed by atoms with Gasteiger partial charge in [0.2, 0.25) is 0 Å². The normalized spacial score (nSPS) is 33.4. The quantitative estimate of drug-likeness (QED) is 0.532. The molecule has 0 aromatic carbocycles. The van der Waals surface area contributed by atoms with E-state index in [1.54, 1.807) is 0 Å². The fourth-order valence-electron chi connectivity index (χ4n) is 2.48. The van der Waals surface area contributed by atoms with Gasteiger partial charge in [0, 0.05) is 6.42 Å². The molecule has 4 atom stereocenters. The molecule has 1 unspecified atom stereocenters. The van der Waals surface area contributed by atoms with Crippen molar-refractivity contribution in [2.75, 3.05) is 19.0 Å². The molecule has 2 saturated heterocycles. The van der Waals surface area contributed by atoms with Crippen LogP contribution in [0.3, 0.4) is 0 Å². The highest BCUT2D eigenvalue weighted by molar-refractivity contribution is 8.00. The maximum Gasteiger partial charge on any atom is 0.306 e. The molecule has 0 N–H and O–H groups in total. The van der Waals surface area contributed by atoms with E-state index in [9.17, 15) is 4.79 Å². The minimum Gasteiger partial charge on any atom is -0.457 e. The zero-order valence-corrected chi connectivity index (χ0v) is 12.6. The first kappa shape index (κ1) is 15.1. The van der Waals surface area contributed by atoms with Crippen molar-refractivity contribution in [3.05, 3.63) is 0 Å². The van der Waals surface area contributed by atoms with Crippen LogP contribution in [-0.2, 0) is 19.0 Å². The number of ether oxygens (including phenoxy) is 3. The lowest BCUT2D eigenvalue weighted by molar-refractivity contribution is -0.153. The van der Waals surface area contributed by atoms with Crippen LogP contribution in [0.2, 0.25) is 0 Å². The SMILES string of the molecule is CCCCSC1CO[C@H]2[C@@H]1OC[C@H]2OC(=O)CCC. The molecule has 19 heavy (non-hydrogen) atoms. The summed E-state index contributed by atoms with van der Waals surface area (Å²) in [5.74, 6) is 1.01. The zero-order chi connectivity index (χ0) is 13.7. The molecular formula is C14H24O4S. The van der Waals surface area contributed by atoms with E-state index in [1.807, 2.05) is 18.7 Å². The maximum absolute atomic E-state index is 11.5. The van der Waals surface area contributed by atoms with Crippen LogP contribution >= 0.6 is 11.8 Å². The number of hydrogen-bond acceptors (Lipinski definition) is 5. The van der Waals surface area contributed by atoms with Gasteiger partial charge in [-0.25, -0.2) is 0 Å². The Bertz CT molecular complexity index is 297. The van der Waals surface area contributed by atoms with Crippen molar-refractivity contribution in [1.82, 2.24) is 0 Å². The van der Waals surface area contributed by atoms with Crippen LogP contribution in [0.4, 0.5) is 0 Å². The molecule has 2 fully saturated rings. The third-order valence-corrected chi connectivity index (χ3v) is 4.89. The number of fused-ring (bicyclic) bond motifs is 1. The minimum atomic E-state index is -0.208. The van der Waals surface area contributed by atoms with Crippen LogP contribution in [0.15, 0.2) is 0 Å². The summed E-state index contributed by atoms with van der Waals surface area (Å²) in [4.78, 5) is 11.5. The smallest absolute Gasteiger partial charge is 0.306 e. The van der Waals surface area contributed by atoms with Crippen LogP contribution in [-0.4, -0.2) is 48.5 Å². The lowest BCUT2D eigenvalue weighted by Crippen LogP contribution is -2.33. The highest BCUT2D eigenvalue weighted by atomic mass is 32.2. The summed E-state index contributed by atoms with van der Waals surface area (Å²) < 4.78 is 17.0. The molecule has 2 rings (SSSR count). The maximum atomic E-state index is 11.5. The fourth-order valence-corrected chi connectivity index (χ4v) is 3.84. The van der Waals surface area contributed by atoms with Crippen LogP contribution < -0.4 is 0 Å². The Balaban J connectivity index is 1.78. The predicted molar refractivity (Wildman–Crippen MR) is 75.4 cm³/mol. The second-order valence-corrected chi connectivity index (χ2v) is 6.48. The van der Waals surface area contributed by atoms with Gasteiger partial charge < -0.3 is 14.2 Å². The van der Waals surface area contributed by atoms with Crippen molar-refractivity contribution in [2.45, 2.75) is 63.1 Å². The lowest BCUT2D eigenvalue weighted by Gasteiger charge is -2.16. The third-order valence-electron chi connectivity index (χ3n) is 3.53. The Kier molecular flexibility index (Phi) is 5.98. The van der Waals surface area contributed by atoms with Crippen LogP contribution in [0.25, 0.3) is 0 Å². The van der Waals surface area contributed by atoms with E-state index < -0.39 is 0 Å². The fraction of sp³-hybridized carbons (Fsp3) is 0.929. The molecular weight excluding hydrogens is 264 g/mol. The van der Waals surface area contributed by atoms with Crippen LogP contribution in [0, 0.1) is 0 Å². The van der Waals surface area contributed by atoms with E-state index in [2.05, 4.69) is 6.92 Å². The molecule has 2 aliphatic heterocycles. The molecule has 5 heteroatoms. The number of rotatable bonds is 7. The Morgan fingerprint density at radius 2 is 2.00 bits per heavy atom. The van der Waals surface area contributed by atoms with Gasteiger partial charge in [-0.1, -0.05) is 20.3 Å². The van der Waals surface area contributed by atoms with E-state index in [0.717, 1.165) is 12.2 Å². The average Bonchev–Trinajstić information content (AvgIpc) is 2.94. The summed E-state index contributed by atoms with van der Waals surface area (Å²) in [6, 6.07) is 0. The molecule has 0 aliphatic carbocycles. The van der Waals surface area contributed by atoms with Gasteiger partial charge in [0.1, 0.15) is 12.2 Å². The van der Waals surface area contributed by atoms with Crippen LogP contribution in [0.1, 0.15) is 39.5 Å². The van der Waals surface area contributed by atoms with Gasteiger partial charge in [-0.05, 0) is 18.6 Å². The minimum absolute atomic E-state index is 0.0556. The van der Waals surface area contributed by atoms with Crippen molar-refractivity contribution in [2.24, 2.45) is 0 Å². The Hall–Kier alpha value is -0.260. The lowest BCUT2D eigenvalue weighted by atomic mass is 10.1. The van der Waals surface area contributed by atoms with E-state index in [0.29, 0.717) is 24.9 Å². The average molecular weight is 288 g/mol. The van der Waals surface area contributed by atoms with Gasteiger partial charge in [-0.2, -0.15) is 11.8 Å². The van der Waals surface area contributed by atoms with Gasteiger partial charge >= 0.3 is 5.97 Å². The molecule has 4 nitrogen and oxygen atoms in total. The summed E-state index contributed by atoms with van der Waals surface area (Å²) in [5.41, 5.74) is 0. The zero-order valence-electron chi connectivity index (χ0n) is 11.8. The van der Waals surface area contributed by atoms with E-state index in [1.165, 1.54) is 12.8 Å². The molecule has 0 aromatic heterocycles. The summed E-state index contributed by atoms with van der Waals surface area (Å²) in [6.45, 7) is 5.37. The number of esters is 1. The molecule has 0 radical (unpaired) electrons. The second-order valence-electron chi connectivity index (χ2n) is 5.14. The first-order valence-corrected chi connectivity index (χ1v) is 8.35. The monoisotopic (exact) mass is 288 g/mol. The Morgan fingerprint density at radius 1 is 1.21 bits per heavy atom. The molecule has 0 bridgehead atoms. The molecule has 0 spiro atoms. The number of unbranched alkanes of at least 4 members (excludes halogenated alkanes) is 1. The Labute approximate surface area is 119 Å². The highest BCUT2D eigenvalue weighted by Crippen LogP contribution is 2.35.